The Kier molecular flexibility index (Phi) is 6.92. The van der Waals surface area contributed by atoms with Gasteiger partial charge in [-0.2, -0.15) is 9.90 Å². The first-order valence-electron chi connectivity index (χ1n) is 2.13. The van der Waals surface area contributed by atoms with E-state index in [0.29, 0.717) is 5.75 Å². The number of rotatable bonds is 0. The number of hydrogen-bond donors (Lipinski definition) is 1. The monoisotopic (exact) mass is 146 g/mol. The Labute approximate surface area is 57.5 Å². The molecule has 0 aliphatic rings. The maximum absolute atomic E-state index is 8.63. The Bertz CT molecular complexity index is 141. The molecule has 0 bridgehead atoms. The average molecular weight is 146 g/mol. The first-order chi connectivity index (χ1) is 3.39. The zero-order chi connectivity index (χ0) is 5.11. The molecule has 2 nitrogen and oxygen atoms in total. The van der Waals surface area contributed by atoms with Crippen molar-refractivity contribution in [3.63, 3.8) is 0 Å². The van der Waals surface area contributed by atoms with Gasteiger partial charge in [-0.3, -0.25) is 0 Å². The van der Waals surface area contributed by atoms with Crippen LogP contribution in [0.15, 0.2) is 30.3 Å². The van der Waals surface area contributed by atoms with Crippen LogP contribution in [0.5, 0.6) is 5.75 Å². The van der Waals surface area contributed by atoms with E-state index in [1.54, 1.807) is 24.3 Å². The first-order valence-corrected chi connectivity index (χ1v) is 2.13. The molecule has 1 aromatic rings. The van der Waals surface area contributed by atoms with Crippen molar-refractivity contribution in [2.75, 3.05) is 0 Å². The first kappa shape index (κ1) is 11.2. The summed E-state index contributed by atoms with van der Waals surface area (Å²) in [6, 6.07) is 8.71. The summed E-state index contributed by atoms with van der Waals surface area (Å²) < 4.78 is 0. The van der Waals surface area contributed by atoms with Gasteiger partial charge in [-0.25, -0.2) is 0 Å². The number of para-hydroxylation sites is 1. The molecule has 0 spiro atoms. The number of benzene rings is 1. The van der Waals surface area contributed by atoms with Gasteiger partial charge in [0.25, 0.3) is 0 Å². The van der Waals surface area contributed by atoms with E-state index in [1.807, 2.05) is 6.07 Å². The van der Waals surface area contributed by atoms with Crippen LogP contribution < -0.4 is 0 Å². The van der Waals surface area contributed by atoms with Gasteiger partial charge in [-0.1, -0.05) is 18.2 Å². The van der Waals surface area contributed by atoms with Gasteiger partial charge < -0.3 is 10.6 Å². The van der Waals surface area contributed by atoms with E-state index in [0.717, 1.165) is 0 Å². The summed E-state index contributed by atoms with van der Waals surface area (Å²) in [6.07, 6.45) is 0. The molecule has 52 valence electrons. The van der Waals surface area contributed by atoms with Crippen molar-refractivity contribution in [1.82, 2.24) is 0 Å². The van der Waals surface area contributed by atoms with Crippen LogP contribution in [0.1, 0.15) is 0 Å². The van der Waals surface area contributed by atoms with E-state index in [2.05, 4.69) is 0 Å². The maximum atomic E-state index is 8.63. The molecular weight excluding hydrogens is 135 g/mol. The highest BCUT2D eigenvalue weighted by Crippen LogP contribution is 2.02. The fourth-order valence-corrected chi connectivity index (χ4v) is 0.428. The third-order valence-electron chi connectivity index (χ3n) is 0.756. The lowest BCUT2D eigenvalue weighted by Crippen LogP contribution is -1.56. The minimum absolute atomic E-state index is 0. The minimum Gasteiger partial charge on any atom is -0.508 e. The predicted octanol–water partition coefficient (Wildman–Crippen LogP) is 0.626. The standard InChI is InChI=1S/C6H6O.H2O.H3P/c7-6-4-2-1-3-5-6;;/h1-5,7H;1H2;1H3. The third-order valence-corrected chi connectivity index (χ3v) is 0.756. The Morgan fingerprint density at radius 3 is 1.67 bits per heavy atom. The van der Waals surface area contributed by atoms with Gasteiger partial charge >= 0.3 is 0 Å². The Morgan fingerprint density at radius 2 is 1.44 bits per heavy atom. The molecule has 1 rings (SSSR count). The summed E-state index contributed by atoms with van der Waals surface area (Å²) in [7, 11) is 0. The normalized spacial score (nSPS) is 6.67. The van der Waals surface area contributed by atoms with E-state index in [-0.39, 0.29) is 15.4 Å². The summed E-state index contributed by atoms with van der Waals surface area (Å²) in [4.78, 5) is 0. The molecule has 0 fully saturated rings. The highest BCUT2D eigenvalue weighted by atomic mass is 31.0. The lowest BCUT2D eigenvalue weighted by Gasteiger charge is -1.82. The van der Waals surface area contributed by atoms with E-state index in [9.17, 15) is 0 Å². The van der Waals surface area contributed by atoms with Crippen molar-refractivity contribution in [1.29, 1.82) is 0 Å². The Balaban J connectivity index is 0. The summed E-state index contributed by atoms with van der Waals surface area (Å²) in [5, 5.41) is 8.63. The summed E-state index contributed by atoms with van der Waals surface area (Å²) >= 11 is 0. The van der Waals surface area contributed by atoms with Crippen molar-refractivity contribution in [2.45, 2.75) is 0 Å². The molecule has 9 heavy (non-hydrogen) atoms. The van der Waals surface area contributed by atoms with Gasteiger partial charge in [-0.15, -0.1) is 0 Å². The molecule has 0 aromatic heterocycles. The lowest BCUT2D eigenvalue weighted by molar-refractivity contribution is 0.475. The average Bonchev–Trinajstić information content (AvgIpc) is 1.69. The molecule has 0 saturated carbocycles. The van der Waals surface area contributed by atoms with Crippen molar-refractivity contribution in [2.24, 2.45) is 0 Å². The van der Waals surface area contributed by atoms with Crippen LogP contribution in [0.25, 0.3) is 0 Å². The maximum Gasteiger partial charge on any atom is 0.115 e. The van der Waals surface area contributed by atoms with Crippen LogP contribution in [0, 0.1) is 0 Å². The van der Waals surface area contributed by atoms with Crippen molar-refractivity contribution in [3.05, 3.63) is 30.3 Å². The van der Waals surface area contributed by atoms with E-state index < -0.39 is 0 Å². The second kappa shape index (κ2) is 5.54. The fraction of sp³-hybridized carbons (Fsp3) is 0. The molecule has 3 heteroatoms. The van der Waals surface area contributed by atoms with Gasteiger partial charge in [0.05, 0.1) is 0 Å². The van der Waals surface area contributed by atoms with Crippen LogP contribution in [0.3, 0.4) is 0 Å². The molecule has 0 aliphatic carbocycles. The molecule has 3 N–H and O–H groups in total. The van der Waals surface area contributed by atoms with E-state index in [4.69, 9.17) is 5.11 Å². The van der Waals surface area contributed by atoms with Gasteiger partial charge in [0, 0.05) is 0 Å². The van der Waals surface area contributed by atoms with Gasteiger partial charge in [0.15, 0.2) is 0 Å². The zero-order valence-electron chi connectivity index (χ0n) is 5.04. The highest BCUT2D eigenvalue weighted by Gasteiger charge is 1.74. The number of phenols is 1. The molecule has 0 aliphatic heterocycles. The topological polar surface area (TPSA) is 51.7 Å². The second-order valence-corrected chi connectivity index (χ2v) is 1.34. The lowest BCUT2D eigenvalue weighted by atomic mass is 10.3. The van der Waals surface area contributed by atoms with Gasteiger partial charge in [0.1, 0.15) is 5.75 Å². The molecule has 1 unspecified atom stereocenters. The highest BCUT2D eigenvalue weighted by molar-refractivity contribution is 6.92. The van der Waals surface area contributed by atoms with Crippen molar-refractivity contribution >= 4 is 9.90 Å². The predicted molar refractivity (Wildman–Crippen MR) is 42.8 cm³/mol. The Hall–Kier alpha value is -0.590. The van der Waals surface area contributed by atoms with Gasteiger partial charge in [0.2, 0.25) is 0 Å². The van der Waals surface area contributed by atoms with Crippen LogP contribution in [0.4, 0.5) is 0 Å². The minimum atomic E-state index is 0. The van der Waals surface area contributed by atoms with Crippen LogP contribution in [0.2, 0.25) is 0 Å². The SMILES string of the molecule is O.Oc1ccccc1.P. The summed E-state index contributed by atoms with van der Waals surface area (Å²) in [5.41, 5.74) is 0. The van der Waals surface area contributed by atoms with E-state index in [1.165, 1.54) is 0 Å². The molecule has 0 saturated heterocycles. The summed E-state index contributed by atoms with van der Waals surface area (Å²) in [6.45, 7) is 0. The summed E-state index contributed by atoms with van der Waals surface area (Å²) in [5.74, 6) is 0.322. The van der Waals surface area contributed by atoms with Crippen LogP contribution in [-0.2, 0) is 0 Å². The van der Waals surface area contributed by atoms with Crippen molar-refractivity contribution < 1.29 is 10.6 Å². The largest absolute Gasteiger partial charge is 0.508 e. The number of phenolic OH excluding ortho intramolecular Hbond substituents is 1. The number of hydrogen-bond acceptors (Lipinski definition) is 1. The molecule has 0 heterocycles. The third kappa shape index (κ3) is 3.95. The molecular formula is C6H11O2P. The number of aromatic hydroxyl groups is 1. The van der Waals surface area contributed by atoms with Crippen LogP contribution >= 0.6 is 9.90 Å². The fourth-order valence-electron chi connectivity index (χ4n) is 0.428. The molecule has 0 amide bonds. The smallest absolute Gasteiger partial charge is 0.115 e. The quantitative estimate of drug-likeness (QED) is 0.536. The van der Waals surface area contributed by atoms with Crippen molar-refractivity contribution in [3.8, 4) is 5.75 Å². The molecule has 1 aromatic carbocycles. The Morgan fingerprint density at radius 1 is 1.00 bits per heavy atom. The van der Waals surface area contributed by atoms with Crippen LogP contribution in [-0.4, -0.2) is 10.6 Å². The second-order valence-electron chi connectivity index (χ2n) is 1.34. The zero-order valence-corrected chi connectivity index (χ0v) is 6.46. The van der Waals surface area contributed by atoms with Gasteiger partial charge in [-0.05, 0) is 12.1 Å². The molecule has 0 radical (unpaired) electrons. The van der Waals surface area contributed by atoms with E-state index >= 15 is 0 Å². The molecule has 1 atom stereocenters.